The molecule has 4 heterocycles. The van der Waals surface area contributed by atoms with Gasteiger partial charge < -0.3 is 15.2 Å². The van der Waals surface area contributed by atoms with E-state index in [1.807, 2.05) is 18.2 Å². The Kier molecular flexibility index (Phi) is 6.12. The summed E-state index contributed by atoms with van der Waals surface area (Å²) in [6, 6.07) is 7.35. The van der Waals surface area contributed by atoms with E-state index in [1.54, 1.807) is 18.0 Å². The lowest BCUT2D eigenvalue weighted by molar-refractivity contribution is 0.0926. The molecule has 0 spiro atoms. The van der Waals surface area contributed by atoms with Crippen molar-refractivity contribution in [1.29, 1.82) is 0 Å². The fourth-order valence-corrected chi connectivity index (χ4v) is 6.22. The predicted molar refractivity (Wildman–Crippen MR) is 114 cm³/mol. The maximum Gasteiger partial charge on any atom is 0.267 e. The van der Waals surface area contributed by atoms with Gasteiger partial charge in [-0.05, 0) is 31.0 Å². The van der Waals surface area contributed by atoms with Gasteiger partial charge in [-0.2, -0.15) is 16.1 Å². The monoisotopic (exact) mass is 435 g/mol. The zero-order valence-electron chi connectivity index (χ0n) is 16.1. The molecule has 2 aliphatic heterocycles. The number of piperidine rings is 1. The molecular weight excluding hydrogens is 410 g/mol. The van der Waals surface area contributed by atoms with Gasteiger partial charge in [-0.3, -0.25) is 4.79 Å². The third-order valence-electron chi connectivity index (χ3n) is 5.31. The summed E-state index contributed by atoms with van der Waals surface area (Å²) in [5, 5.41) is 3.02. The number of anilines is 1. The van der Waals surface area contributed by atoms with E-state index < -0.39 is 10.0 Å². The zero-order valence-corrected chi connectivity index (χ0v) is 17.7. The topological polar surface area (TPSA) is 98.4 Å². The van der Waals surface area contributed by atoms with Crippen molar-refractivity contribution in [3.8, 4) is 0 Å². The van der Waals surface area contributed by atoms with Crippen LogP contribution in [0.2, 0.25) is 0 Å². The summed E-state index contributed by atoms with van der Waals surface area (Å²) in [6.45, 7) is 2.65. The third-order valence-corrected chi connectivity index (χ3v) is 8.13. The highest BCUT2D eigenvalue weighted by molar-refractivity contribution is 7.99. The van der Waals surface area contributed by atoms with E-state index in [4.69, 9.17) is 0 Å². The number of hydrogen-bond acceptors (Lipinski definition) is 6. The Morgan fingerprint density at radius 1 is 1.17 bits per heavy atom. The Morgan fingerprint density at radius 2 is 1.93 bits per heavy atom. The number of pyridine rings is 1. The average Bonchev–Trinajstić information content (AvgIpc) is 3.27. The number of nitrogens with zero attached hydrogens (tertiary/aromatic N) is 3. The number of nitrogens with one attached hydrogen (secondary N) is 2. The van der Waals surface area contributed by atoms with Gasteiger partial charge >= 0.3 is 0 Å². The number of rotatable bonds is 5. The molecule has 0 unspecified atom stereocenters. The van der Waals surface area contributed by atoms with E-state index in [2.05, 4.69) is 20.2 Å². The molecule has 29 heavy (non-hydrogen) atoms. The first-order chi connectivity index (χ1) is 14.0. The second-order valence-corrected chi connectivity index (χ2v) is 10.4. The van der Waals surface area contributed by atoms with Crippen LogP contribution in [0.1, 0.15) is 23.3 Å². The van der Waals surface area contributed by atoms with Crippen molar-refractivity contribution < 1.29 is 13.2 Å². The fourth-order valence-electron chi connectivity index (χ4n) is 3.65. The summed E-state index contributed by atoms with van der Waals surface area (Å²) in [5.41, 5.74) is 0.280. The number of amides is 1. The first kappa shape index (κ1) is 20.2. The number of thioether (sulfide) groups is 1. The van der Waals surface area contributed by atoms with Crippen molar-refractivity contribution in [3.05, 3.63) is 42.4 Å². The molecule has 0 aliphatic carbocycles. The molecule has 2 aromatic rings. The van der Waals surface area contributed by atoms with E-state index in [9.17, 15) is 13.2 Å². The minimum absolute atomic E-state index is 0.0601. The molecule has 8 nitrogen and oxygen atoms in total. The number of aromatic nitrogens is 2. The van der Waals surface area contributed by atoms with Gasteiger partial charge in [0.15, 0.2) is 0 Å². The van der Waals surface area contributed by atoms with Crippen molar-refractivity contribution in [2.75, 3.05) is 42.6 Å². The Balaban J connectivity index is 1.34. The van der Waals surface area contributed by atoms with Crippen molar-refractivity contribution >= 4 is 33.5 Å². The highest BCUT2D eigenvalue weighted by atomic mass is 32.2. The highest BCUT2D eigenvalue weighted by Gasteiger charge is 2.28. The SMILES string of the molecule is O=C(NC1CCN(c2ccccn2)CC1)c1cc(S(=O)(=O)N2CCSCC2)c[nH]1. The number of H-pyrrole nitrogens is 1. The molecule has 0 atom stereocenters. The van der Waals surface area contributed by atoms with Gasteiger partial charge in [-0.25, -0.2) is 13.4 Å². The van der Waals surface area contributed by atoms with Crippen molar-refractivity contribution in [2.45, 2.75) is 23.8 Å². The largest absolute Gasteiger partial charge is 0.356 e. The summed E-state index contributed by atoms with van der Waals surface area (Å²) in [7, 11) is -3.55. The lowest BCUT2D eigenvalue weighted by Gasteiger charge is -2.33. The molecule has 0 saturated carbocycles. The van der Waals surface area contributed by atoms with Crippen molar-refractivity contribution in [2.24, 2.45) is 0 Å². The first-order valence-corrected chi connectivity index (χ1v) is 12.4. The summed E-state index contributed by atoms with van der Waals surface area (Å²) < 4.78 is 27.0. The Morgan fingerprint density at radius 3 is 2.62 bits per heavy atom. The highest BCUT2D eigenvalue weighted by Crippen LogP contribution is 2.21. The Bertz CT molecular complexity index is 934. The van der Waals surface area contributed by atoms with Gasteiger partial charge in [0, 0.05) is 56.1 Å². The van der Waals surface area contributed by atoms with Crippen LogP contribution in [0.15, 0.2) is 41.6 Å². The molecule has 2 fully saturated rings. The van der Waals surface area contributed by atoms with Crippen LogP contribution >= 0.6 is 11.8 Å². The van der Waals surface area contributed by atoms with E-state index in [1.165, 1.54) is 16.6 Å². The number of carbonyl (C=O) groups excluding carboxylic acids is 1. The van der Waals surface area contributed by atoms with Crippen LogP contribution in [-0.2, 0) is 10.0 Å². The molecule has 10 heteroatoms. The molecule has 2 saturated heterocycles. The van der Waals surface area contributed by atoms with Gasteiger partial charge in [-0.1, -0.05) is 6.07 Å². The Labute approximate surface area is 175 Å². The normalized spacial score (nSPS) is 19.2. The predicted octanol–water partition coefficient (Wildman–Crippen LogP) is 1.55. The van der Waals surface area contributed by atoms with Crippen LogP contribution in [0.25, 0.3) is 0 Å². The van der Waals surface area contributed by atoms with Crippen LogP contribution < -0.4 is 10.2 Å². The lowest BCUT2D eigenvalue weighted by atomic mass is 10.0. The van der Waals surface area contributed by atoms with Crippen LogP contribution in [0, 0.1) is 0 Å². The molecule has 0 bridgehead atoms. The molecule has 0 aromatic carbocycles. The smallest absolute Gasteiger partial charge is 0.267 e. The number of carbonyl (C=O) groups is 1. The second-order valence-electron chi connectivity index (χ2n) is 7.19. The maximum absolute atomic E-state index is 12.7. The van der Waals surface area contributed by atoms with E-state index in [0.29, 0.717) is 13.1 Å². The van der Waals surface area contributed by atoms with Crippen molar-refractivity contribution in [1.82, 2.24) is 19.6 Å². The molecular formula is C19H25N5O3S2. The maximum atomic E-state index is 12.7. The molecule has 2 aliphatic rings. The number of hydrogen-bond donors (Lipinski definition) is 2. The zero-order chi connectivity index (χ0) is 20.3. The lowest BCUT2D eigenvalue weighted by Crippen LogP contribution is -2.45. The van der Waals surface area contributed by atoms with E-state index >= 15 is 0 Å². The van der Waals surface area contributed by atoms with Gasteiger partial charge in [0.2, 0.25) is 10.0 Å². The molecule has 0 radical (unpaired) electrons. The van der Waals surface area contributed by atoms with Crippen LogP contribution in [0.3, 0.4) is 0 Å². The van der Waals surface area contributed by atoms with Gasteiger partial charge in [0.25, 0.3) is 5.91 Å². The van der Waals surface area contributed by atoms with Gasteiger partial charge in [0.1, 0.15) is 16.4 Å². The summed E-state index contributed by atoms with van der Waals surface area (Å²) >= 11 is 1.75. The van der Waals surface area contributed by atoms with Crippen LogP contribution in [0.5, 0.6) is 0 Å². The van der Waals surface area contributed by atoms with E-state index in [0.717, 1.165) is 43.3 Å². The van der Waals surface area contributed by atoms with Gasteiger partial charge in [-0.15, -0.1) is 0 Å². The minimum Gasteiger partial charge on any atom is -0.356 e. The number of aromatic amines is 1. The van der Waals surface area contributed by atoms with Crippen LogP contribution in [0.4, 0.5) is 5.82 Å². The minimum atomic E-state index is -3.55. The summed E-state index contributed by atoms with van der Waals surface area (Å²) in [4.78, 5) is 22.2. The van der Waals surface area contributed by atoms with Crippen LogP contribution in [-0.4, -0.2) is 72.3 Å². The first-order valence-electron chi connectivity index (χ1n) is 9.77. The van der Waals surface area contributed by atoms with Gasteiger partial charge in [0.05, 0.1) is 0 Å². The average molecular weight is 436 g/mol. The Hall–Kier alpha value is -2.04. The molecule has 1 amide bonds. The quantitative estimate of drug-likeness (QED) is 0.739. The molecule has 156 valence electrons. The second kappa shape index (κ2) is 8.76. The molecule has 2 aromatic heterocycles. The van der Waals surface area contributed by atoms with Crippen molar-refractivity contribution in [3.63, 3.8) is 0 Å². The standard InChI is InChI=1S/C19H25N5O3S2/c25-19(22-15-4-7-23(8-5-15)18-3-1-2-6-20-18)17-13-16(14-21-17)29(26,27)24-9-11-28-12-10-24/h1-3,6,13-15,21H,4-5,7-12H2,(H,22,25). The number of sulfonamides is 1. The third kappa shape index (κ3) is 4.59. The molecule has 4 rings (SSSR count). The van der Waals surface area contributed by atoms with E-state index in [-0.39, 0.29) is 22.5 Å². The summed E-state index contributed by atoms with van der Waals surface area (Å²) in [5.74, 6) is 2.28. The summed E-state index contributed by atoms with van der Waals surface area (Å²) in [6.07, 6.45) is 4.83. The fraction of sp³-hybridized carbons (Fsp3) is 0.474. The molecule has 2 N–H and O–H groups in total.